The summed E-state index contributed by atoms with van der Waals surface area (Å²) < 4.78 is 6.64. The SMILES string of the molecule is c1ccc(-c2ccc3c(c2)C2(c4ccccc4Oc4ccccc42)c2cc(-c4ccc(-c5cc(-c6ccccc6)nc(-c6ccccc6)n5)cc4)ccc2-3)cc1. The van der Waals surface area contributed by atoms with E-state index in [9.17, 15) is 0 Å². The maximum absolute atomic E-state index is 6.64. The topological polar surface area (TPSA) is 35.0 Å². The highest BCUT2D eigenvalue weighted by molar-refractivity contribution is 5.92. The summed E-state index contributed by atoms with van der Waals surface area (Å²) in [6.07, 6.45) is 0. The minimum atomic E-state index is -0.570. The van der Waals surface area contributed by atoms with Crippen LogP contribution in [-0.2, 0) is 5.41 Å². The smallest absolute Gasteiger partial charge is 0.160 e. The number of aromatic nitrogens is 2. The number of nitrogens with zero attached hydrogens (tertiary/aromatic N) is 2. The molecule has 3 heteroatoms. The first-order valence-corrected chi connectivity index (χ1v) is 19.1. The van der Waals surface area contributed by atoms with E-state index in [-0.39, 0.29) is 0 Å². The number of ether oxygens (including phenoxy) is 1. The lowest BCUT2D eigenvalue weighted by Gasteiger charge is -2.39. The Labute approximate surface area is 326 Å². The van der Waals surface area contributed by atoms with Crippen molar-refractivity contribution in [3.63, 3.8) is 0 Å². The van der Waals surface area contributed by atoms with Crippen LogP contribution in [0.25, 0.3) is 67.3 Å². The number of fused-ring (bicyclic) bond motifs is 9. The molecule has 1 aromatic heterocycles. The van der Waals surface area contributed by atoms with Crippen molar-refractivity contribution in [3.05, 3.63) is 229 Å². The summed E-state index contributed by atoms with van der Waals surface area (Å²) >= 11 is 0. The van der Waals surface area contributed by atoms with Crippen molar-refractivity contribution >= 4 is 0 Å². The van der Waals surface area contributed by atoms with Gasteiger partial charge in [-0.25, -0.2) is 9.97 Å². The molecule has 2 heterocycles. The third kappa shape index (κ3) is 5.05. The van der Waals surface area contributed by atoms with Crippen LogP contribution in [0.2, 0.25) is 0 Å². The van der Waals surface area contributed by atoms with Gasteiger partial charge in [0.05, 0.1) is 16.8 Å². The minimum Gasteiger partial charge on any atom is -0.457 e. The average molecular weight is 715 g/mol. The molecular weight excluding hydrogens is 681 g/mol. The zero-order valence-corrected chi connectivity index (χ0v) is 30.4. The Bertz CT molecular complexity index is 2820. The molecule has 0 bridgehead atoms. The molecule has 0 atom stereocenters. The molecule has 0 unspecified atom stereocenters. The third-order valence-corrected chi connectivity index (χ3v) is 11.4. The van der Waals surface area contributed by atoms with Crippen LogP contribution in [0.5, 0.6) is 11.5 Å². The Morgan fingerprint density at radius 3 is 1.23 bits per heavy atom. The summed E-state index contributed by atoms with van der Waals surface area (Å²) in [4.78, 5) is 10.1. The van der Waals surface area contributed by atoms with Crippen LogP contribution in [0.4, 0.5) is 0 Å². The summed E-state index contributed by atoms with van der Waals surface area (Å²) in [5.41, 5.74) is 16.3. The first kappa shape index (κ1) is 32.1. The number of hydrogen-bond donors (Lipinski definition) is 0. The molecule has 262 valence electrons. The second-order valence-electron chi connectivity index (χ2n) is 14.5. The standard InChI is InChI=1S/C53H34N2O/c1-4-14-35(15-5-1)40-28-30-42-43-31-29-41(33-47(43)53(46(42)32-40)44-20-10-12-22-50(44)56-51-23-13-11-21-45(51)53)36-24-26-38(27-25-36)49-34-48(37-16-6-2-7-17-37)54-52(55-49)39-18-8-3-9-19-39/h1-34H. The molecule has 2 aliphatic rings. The van der Waals surface area contributed by atoms with E-state index in [0.717, 1.165) is 61.8 Å². The lowest BCUT2D eigenvalue weighted by atomic mass is 9.65. The molecule has 1 aliphatic heterocycles. The molecule has 8 aromatic carbocycles. The van der Waals surface area contributed by atoms with Gasteiger partial charge < -0.3 is 4.74 Å². The molecule has 1 spiro atoms. The van der Waals surface area contributed by atoms with E-state index in [4.69, 9.17) is 14.7 Å². The van der Waals surface area contributed by atoms with Crippen LogP contribution >= 0.6 is 0 Å². The predicted molar refractivity (Wildman–Crippen MR) is 227 cm³/mol. The van der Waals surface area contributed by atoms with Gasteiger partial charge in [-0.15, -0.1) is 0 Å². The Hall–Kier alpha value is -7.36. The monoisotopic (exact) mass is 714 g/mol. The second kappa shape index (κ2) is 12.9. The van der Waals surface area contributed by atoms with Gasteiger partial charge >= 0.3 is 0 Å². The summed E-state index contributed by atoms with van der Waals surface area (Å²) in [6.45, 7) is 0. The normalized spacial score (nSPS) is 12.9. The molecule has 0 amide bonds. The first-order valence-electron chi connectivity index (χ1n) is 19.1. The largest absolute Gasteiger partial charge is 0.457 e. The molecule has 56 heavy (non-hydrogen) atoms. The molecule has 1 aliphatic carbocycles. The zero-order chi connectivity index (χ0) is 37.1. The van der Waals surface area contributed by atoms with Crippen molar-refractivity contribution in [3.8, 4) is 78.8 Å². The lowest BCUT2D eigenvalue weighted by molar-refractivity contribution is 0.436. The van der Waals surface area contributed by atoms with Crippen molar-refractivity contribution in [1.82, 2.24) is 9.97 Å². The van der Waals surface area contributed by atoms with E-state index in [2.05, 4.69) is 170 Å². The molecule has 0 saturated carbocycles. The van der Waals surface area contributed by atoms with Crippen LogP contribution in [0, 0.1) is 0 Å². The number of rotatable bonds is 5. The summed E-state index contributed by atoms with van der Waals surface area (Å²) in [5, 5.41) is 0. The van der Waals surface area contributed by atoms with Gasteiger partial charge in [0.25, 0.3) is 0 Å². The average Bonchev–Trinajstić information content (AvgIpc) is 3.56. The Morgan fingerprint density at radius 1 is 0.304 bits per heavy atom. The van der Waals surface area contributed by atoms with Crippen molar-refractivity contribution in [2.75, 3.05) is 0 Å². The fourth-order valence-electron chi connectivity index (χ4n) is 8.79. The fourth-order valence-corrected chi connectivity index (χ4v) is 8.79. The molecule has 0 N–H and O–H groups in total. The molecule has 0 radical (unpaired) electrons. The fraction of sp³-hybridized carbons (Fsp3) is 0.0189. The van der Waals surface area contributed by atoms with Crippen LogP contribution in [-0.4, -0.2) is 9.97 Å². The Morgan fingerprint density at radius 2 is 0.696 bits per heavy atom. The highest BCUT2D eigenvalue weighted by atomic mass is 16.5. The molecule has 11 rings (SSSR count). The van der Waals surface area contributed by atoms with Crippen LogP contribution in [0.15, 0.2) is 206 Å². The first-order chi connectivity index (χ1) is 27.7. The predicted octanol–water partition coefficient (Wildman–Crippen LogP) is 13.3. The molecule has 3 nitrogen and oxygen atoms in total. The molecule has 0 fully saturated rings. The van der Waals surface area contributed by atoms with Gasteiger partial charge in [0.1, 0.15) is 11.5 Å². The maximum Gasteiger partial charge on any atom is 0.160 e. The number of benzene rings is 8. The Balaban J connectivity index is 1.07. The number of para-hydroxylation sites is 2. The second-order valence-corrected chi connectivity index (χ2v) is 14.5. The minimum absolute atomic E-state index is 0.570. The van der Waals surface area contributed by atoms with Gasteiger partial charge in [0.15, 0.2) is 5.82 Å². The van der Waals surface area contributed by atoms with Crippen LogP contribution in [0.1, 0.15) is 22.3 Å². The van der Waals surface area contributed by atoms with Gasteiger partial charge in [0, 0.05) is 27.8 Å². The van der Waals surface area contributed by atoms with Gasteiger partial charge in [-0.05, 0) is 74.8 Å². The van der Waals surface area contributed by atoms with Gasteiger partial charge in [0.2, 0.25) is 0 Å². The van der Waals surface area contributed by atoms with Gasteiger partial charge in [-0.1, -0.05) is 176 Å². The maximum atomic E-state index is 6.64. The molecule has 0 saturated heterocycles. The number of hydrogen-bond acceptors (Lipinski definition) is 3. The van der Waals surface area contributed by atoms with Gasteiger partial charge in [-0.3, -0.25) is 0 Å². The van der Waals surface area contributed by atoms with Crippen LogP contribution in [0.3, 0.4) is 0 Å². The van der Waals surface area contributed by atoms with E-state index in [0.29, 0.717) is 5.82 Å². The lowest BCUT2D eigenvalue weighted by Crippen LogP contribution is -2.32. The zero-order valence-electron chi connectivity index (χ0n) is 30.4. The van der Waals surface area contributed by atoms with E-state index in [1.165, 1.54) is 33.4 Å². The van der Waals surface area contributed by atoms with Crippen molar-refractivity contribution in [1.29, 1.82) is 0 Å². The molecular formula is C53H34N2O. The molecule has 9 aromatic rings. The van der Waals surface area contributed by atoms with Crippen molar-refractivity contribution < 1.29 is 4.74 Å². The quantitative estimate of drug-likeness (QED) is 0.178. The summed E-state index contributed by atoms with van der Waals surface area (Å²) in [5.74, 6) is 2.49. The van der Waals surface area contributed by atoms with E-state index in [1.54, 1.807) is 0 Å². The van der Waals surface area contributed by atoms with E-state index < -0.39 is 5.41 Å². The third-order valence-electron chi connectivity index (χ3n) is 11.4. The van der Waals surface area contributed by atoms with Crippen molar-refractivity contribution in [2.24, 2.45) is 0 Å². The van der Waals surface area contributed by atoms with Crippen LogP contribution < -0.4 is 4.74 Å². The summed E-state index contributed by atoms with van der Waals surface area (Å²) in [6, 6.07) is 73.2. The van der Waals surface area contributed by atoms with Crippen molar-refractivity contribution in [2.45, 2.75) is 5.41 Å². The summed E-state index contributed by atoms with van der Waals surface area (Å²) in [7, 11) is 0. The van der Waals surface area contributed by atoms with Gasteiger partial charge in [-0.2, -0.15) is 0 Å². The van der Waals surface area contributed by atoms with E-state index in [1.807, 2.05) is 36.4 Å². The highest BCUT2D eigenvalue weighted by Crippen LogP contribution is 2.62. The Kier molecular flexibility index (Phi) is 7.39. The van der Waals surface area contributed by atoms with E-state index >= 15 is 0 Å². The highest BCUT2D eigenvalue weighted by Gasteiger charge is 2.51.